The Morgan fingerprint density at radius 2 is 1.59 bits per heavy atom. The summed E-state index contributed by atoms with van der Waals surface area (Å²) in [5.74, 6) is 0.928. The Hall–Kier alpha value is -3.64. The highest BCUT2D eigenvalue weighted by Crippen LogP contribution is 2.32. The Kier molecular flexibility index (Phi) is 7.15. The molecule has 1 N–H and O–H groups in total. The minimum absolute atomic E-state index is 0.152. The van der Waals surface area contributed by atoms with Crippen LogP contribution in [-0.2, 0) is 11.4 Å². The largest absolute Gasteiger partial charge is 0.488 e. The second-order valence-corrected chi connectivity index (χ2v) is 7.79. The Balaban J connectivity index is 1.32. The maximum atomic E-state index is 12.2. The number of amides is 1. The molecule has 4 aromatic rings. The van der Waals surface area contributed by atoms with E-state index < -0.39 is 0 Å². The molecule has 0 aliphatic heterocycles. The van der Waals surface area contributed by atoms with E-state index in [1.54, 1.807) is 6.21 Å². The summed E-state index contributed by atoms with van der Waals surface area (Å²) in [7, 11) is 0. The van der Waals surface area contributed by atoms with Gasteiger partial charge in [0, 0.05) is 5.56 Å². The minimum Gasteiger partial charge on any atom is -0.488 e. The van der Waals surface area contributed by atoms with Gasteiger partial charge in [-0.2, -0.15) is 5.10 Å². The number of carbonyl (C=O) groups excluding carboxylic acids is 1. The van der Waals surface area contributed by atoms with Crippen molar-refractivity contribution in [1.29, 1.82) is 0 Å². The van der Waals surface area contributed by atoms with Crippen LogP contribution in [0.3, 0.4) is 0 Å². The molecule has 0 aromatic heterocycles. The smallest absolute Gasteiger partial charge is 0.277 e. The van der Waals surface area contributed by atoms with Crippen molar-refractivity contribution in [1.82, 2.24) is 5.43 Å². The zero-order valence-corrected chi connectivity index (χ0v) is 18.8. The first-order valence-corrected chi connectivity index (χ1v) is 10.9. The Morgan fingerprint density at radius 1 is 0.844 bits per heavy atom. The van der Waals surface area contributed by atoms with Crippen LogP contribution in [0.5, 0.6) is 11.5 Å². The molecule has 0 aliphatic carbocycles. The fourth-order valence-corrected chi connectivity index (χ4v) is 3.74. The van der Waals surface area contributed by atoms with E-state index in [-0.39, 0.29) is 12.5 Å². The van der Waals surface area contributed by atoms with Crippen LogP contribution in [0.15, 0.2) is 101 Å². The molecule has 0 radical (unpaired) electrons. The molecule has 0 atom stereocenters. The van der Waals surface area contributed by atoms with Crippen LogP contribution in [0.25, 0.3) is 10.8 Å². The average Bonchev–Trinajstić information content (AvgIpc) is 2.84. The van der Waals surface area contributed by atoms with E-state index in [2.05, 4.69) is 26.5 Å². The molecule has 160 valence electrons. The van der Waals surface area contributed by atoms with E-state index in [1.807, 2.05) is 91.0 Å². The quantitative estimate of drug-likeness (QED) is 0.255. The molecule has 4 aromatic carbocycles. The van der Waals surface area contributed by atoms with Gasteiger partial charge in [-0.25, -0.2) is 5.43 Å². The lowest BCUT2D eigenvalue weighted by Gasteiger charge is -2.10. The van der Waals surface area contributed by atoms with Crippen molar-refractivity contribution in [2.75, 3.05) is 6.61 Å². The third kappa shape index (κ3) is 5.53. The van der Waals surface area contributed by atoms with Crippen molar-refractivity contribution >= 4 is 38.8 Å². The summed E-state index contributed by atoms with van der Waals surface area (Å²) in [6.45, 7) is 0.299. The van der Waals surface area contributed by atoms with Crippen LogP contribution in [0.4, 0.5) is 0 Å². The van der Waals surface area contributed by atoms with Crippen molar-refractivity contribution in [3.05, 3.63) is 107 Å². The summed E-state index contributed by atoms with van der Waals surface area (Å²) in [6.07, 6.45) is 1.56. The van der Waals surface area contributed by atoms with Gasteiger partial charge in [-0.3, -0.25) is 4.79 Å². The number of para-hydroxylation sites is 1. The van der Waals surface area contributed by atoms with E-state index in [0.29, 0.717) is 18.1 Å². The monoisotopic (exact) mass is 488 g/mol. The van der Waals surface area contributed by atoms with Gasteiger partial charge in [0.25, 0.3) is 5.91 Å². The molecule has 4 rings (SSSR count). The summed E-state index contributed by atoms with van der Waals surface area (Å²) in [6, 6.07) is 29.2. The van der Waals surface area contributed by atoms with Gasteiger partial charge in [0.05, 0.1) is 10.7 Å². The number of rotatable bonds is 8. The molecule has 0 fully saturated rings. The molecule has 0 spiro atoms. The predicted octanol–water partition coefficient (Wildman–Crippen LogP) is 5.71. The van der Waals surface area contributed by atoms with Crippen LogP contribution in [0.2, 0.25) is 0 Å². The molecule has 0 saturated heterocycles. The number of hydrogen-bond acceptors (Lipinski definition) is 4. The third-order valence-corrected chi connectivity index (χ3v) is 5.55. The highest BCUT2D eigenvalue weighted by atomic mass is 79.9. The fraction of sp³-hybridized carbons (Fsp3) is 0.0769. The molecule has 5 nitrogen and oxygen atoms in total. The van der Waals surface area contributed by atoms with Crippen LogP contribution in [-0.4, -0.2) is 18.7 Å². The number of fused-ring (bicyclic) bond motifs is 1. The number of carbonyl (C=O) groups is 1. The average molecular weight is 489 g/mol. The van der Waals surface area contributed by atoms with Crippen molar-refractivity contribution in [2.24, 2.45) is 5.10 Å². The standard InChI is InChI=1S/C26H21BrN2O3/c27-26-22-12-6-4-10-20(22)14-15-24(26)32-18-25(30)29-28-16-21-11-5-7-13-23(21)31-17-19-8-2-1-3-9-19/h1-16H,17-18H2,(H,29,30)/b28-16-. The molecule has 0 heterocycles. The number of ether oxygens (including phenoxy) is 2. The van der Waals surface area contributed by atoms with E-state index in [9.17, 15) is 4.79 Å². The predicted molar refractivity (Wildman–Crippen MR) is 130 cm³/mol. The van der Waals surface area contributed by atoms with E-state index in [4.69, 9.17) is 9.47 Å². The molecule has 0 saturated carbocycles. The van der Waals surface area contributed by atoms with Crippen molar-refractivity contribution < 1.29 is 14.3 Å². The van der Waals surface area contributed by atoms with Gasteiger partial charge in [-0.1, -0.05) is 72.8 Å². The Labute approximate surface area is 194 Å². The van der Waals surface area contributed by atoms with E-state index in [1.165, 1.54) is 0 Å². The summed E-state index contributed by atoms with van der Waals surface area (Å²) in [5.41, 5.74) is 4.33. The van der Waals surface area contributed by atoms with Crippen LogP contribution >= 0.6 is 15.9 Å². The normalized spacial score (nSPS) is 10.9. The lowest BCUT2D eigenvalue weighted by atomic mass is 10.1. The molecule has 32 heavy (non-hydrogen) atoms. The summed E-state index contributed by atoms with van der Waals surface area (Å²) in [4.78, 5) is 12.2. The number of halogens is 1. The number of nitrogens with zero attached hydrogens (tertiary/aromatic N) is 1. The Morgan fingerprint density at radius 3 is 2.47 bits per heavy atom. The number of nitrogens with one attached hydrogen (secondary N) is 1. The highest BCUT2D eigenvalue weighted by Gasteiger charge is 2.08. The fourth-order valence-electron chi connectivity index (χ4n) is 3.13. The van der Waals surface area contributed by atoms with Crippen LogP contribution < -0.4 is 14.9 Å². The lowest BCUT2D eigenvalue weighted by Crippen LogP contribution is -2.24. The van der Waals surface area contributed by atoms with Gasteiger partial charge in [-0.15, -0.1) is 0 Å². The number of hydrazone groups is 1. The van der Waals surface area contributed by atoms with Gasteiger partial charge in [0.15, 0.2) is 6.61 Å². The van der Waals surface area contributed by atoms with Crippen LogP contribution in [0, 0.1) is 0 Å². The first kappa shape index (κ1) is 21.6. The van der Waals surface area contributed by atoms with Gasteiger partial charge >= 0.3 is 0 Å². The van der Waals surface area contributed by atoms with Crippen LogP contribution in [0.1, 0.15) is 11.1 Å². The molecule has 1 amide bonds. The topological polar surface area (TPSA) is 59.9 Å². The maximum Gasteiger partial charge on any atom is 0.277 e. The zero-order valence-electron chi connectivity index (χ0n) is 17.2. The molecule has 6 heteroatoms. The summed E-state index contributed by atoms with van der Waals surface area (Å²) in [5, 5.41) is 6.16. The van der Waals surface area contributed by atoms with Gasteiger partial charge < -0.3 is 9.47 Å². The summed E-state index contributed by atoms with van der Waals surface area (Å²) >= 11 is 3.55. The SMILES string of the molecule is O=C(COc1ccc2ccccc2c1Br)N/N=C\c1ccccc1OCc1ccccc1. The number of benzene rings is 4. The third-order valence-electron chi connectivity index (χ3n) is 4.74. The molecule has 0 aliphatic rings. The minimum atomic E-state index is -0.357. The van der Waals surface area contributed by atoms with E-state index in [0.717, 1.165) is 26.4 Å². The molecule has 0 unspecified atom stereocenters. The first-order valence-electron chi connectivity index (χ1n) is 10.1. The van der Waals surface area contributed by atoms with Gasteiger partial charge in [-0.05, 0) is 50.5 Å². The highest BCUT2D eigenvalue weighted by molar-refractivity contribution is 9.10. The zero-order chi connectivity index (χ0) is 22.2. The maximum absolute atomic E-state index is 12.2. The van der Waals surface area contributed by atoms with Gasteiger partial charge in [0.1, 0.15) is 18.1 Å². The lowest BCUT2D eigenvalue weighted by molar-refractivity contribution is -0.123. The second-order valence-electron chi connectivity index (χ2n) is 6.99. The Bertz CT molecular complexity index is 1240. The molecular weight excluding hydrogens is 468 g/mol. The summed E-state index contributed by atoms with van der Waals surface area (Å²) < 4.78 is 12.4. The van der Waals surface area contributed by atoms with Gasteiger partial charge in [0.2, 0.25) is 0 Å². The molecular formula is C26H21BrN2O3. The van der Waals surface area contributed by atoms with Crippen molar-refractivity contribution in [3.8, 4) is 11.5 Å². The van der Waals surface area contributed by atoms with E-state index >= 15 is 0 Å². The first-order chi connectivity index (χ1) is 15.7. The van der Waals surface area contributed by atoms with Crippen molar-refractivity contribution in [2.45, 2.75) is 6.61 Å². The van der Waals surface area contributed by atoms with Crippen molar-refractivity contribution in [3.63, 3.8) is 0 Å². The second kappa shape index (κ2) is 10.6. The number of hydrogen-bond donors (Lipinski definition) is 1. The molecule has 0 bridgehead atoms.